The lowest BCUT2D eigenvalue weighted by atomic mass is 9.97. The highest BCUT2D eigenvalue weighted by atomic mass is 19.1. The molecule has 0 spiro atoms. The molecule has 0 amide bonds. The Hall–Kier alpha value is -1.31. The third kappa shape index (κ3) is 1.57. The number of anilines is 1. The van der Waals surface area contributed by atoms with E-state index in [1.165, 1.54) is 12.1 Å². The van der Waals surface area contributed by atoms with E-state index in [2.05, 4.69) is 12.2 Å². The molecule has 1 atom stereocenters. The van der Waals surface area contributed by atoms with E-state index in [9.17, 15) is 4.39 Å². The Balaban J connectivity index is 2.34. The molecule has 1 aliphatic carbocycles. The first-order chi connectivity index (χ1) is 6.27. The summed E-state index contributed by atoms with van der Waals surface area (Å²) in [4.78, 5) is 0. The third-order valence-corrected chi connectivity index (χ3v) is 2.46. The Kier molecular flexibility index (Phi) is 2.05. The maximum Gasteiger partial charge on any atom is 0.125 e. The fourth-order valence-electron chi connectivity index (χ4n) is 1.77. The zero-order chi connectivity index (χ0) is 9.26. The Bertz CT molecular complexity index is 344. The molecule has 0 saturated heterocycles. The van der Waals surface area contributed by atoms with Gasteiger partial charge in [0.15, 0.2) is 0 Å². The van der Waals surface area contributed by atoms with Crippen LogP contribution >= 0.6 is 0 Å². The summed E-state index contributed by atoms with van der Waals surface area (Å²) in [7, 11) is 0. The van der Waals surface area contributed by atoms with Gasteiger partial charge in [0.2, 0.25) is 0 Å². The van der Waals surface area contributed by atoms with Crippen molar-refractivity contribution < 1.29 is 4.39 Å². The zero-order valence-electron chi connectivity index (χ0n) is 7.33. The normalized spacial score (nSPS) is 20.8. The first-order valence-corrected chi connectivity index (χ1v) is 4.49. The van der Waals surface area contributed by atoms with Crippen molar-refractivity contribution in [2.75, 3.05) is 5.73 Å². The van der Waals surface area contributed by atoms with Crippen molar-refractivity contribution >= 4 is 5.69 Å². The van der Waals surface area contributed by atoms with Crippen molar-refractivity contribution in [3.8, 4) is 0 Å². The van der Waals surface area contributed by atoms with Gasteiger partial charge in [-0.15, -0.1) is 0 Å². The summed E-state index contributed by atoms with van der Waals surface area (Å²) in [6.45, 7) is 0. The first-order valence-electron chi connectivity index (χ1n) is 4.49. The molecule has 0 radical (unpaired) electrons. The smallest absolute Gasteiger partial charge is 0.125 e. The van der Waals surface area contributed by atoms with Crippen LogP contribution in [0.4, 0.5) is 10.1 Å². The van der Waals surface area contributed by atoms with E-state index in [1.54, 1.807) is 6.07 Å². The molecule has 0 aromatic heterocycles. The first kappa shape index (κ1) is 8.30. The average molecular weight is 177 g/mol. The Morgan fingerprint density at radius 3 is 2.85 bits per heavy atom. The van der Waals surface area contributed by atoms with Gasteiger partial charge in [0.25, 0.3) is 0 Å². The average Bonchev–Trinajstić information content (AvgIpc) is 2.56. The monoisotopic (exact) mass is 177 g/mol. The molecule has 2 N–H and O–H groups in total. The van der Waals surface area contributed by atoms with Gasteiger partial charge in [-0.05, 0) is 30.5 Å². The number of hydrogen-bond acceptors (Lipinski definition) is 1. The molecular weight excluding hydrogens is 165 g/mol. The van der Waals surface area contributed by atoms with Crippen LogP contribution in [0, 0.1) is 5.82 Å². The molecule has 1 aromatic carbocycles. The van der Waals surface area contributed by atoms with Crippen LogP contribution in [0.3, 0.4) is 0 Å². The van der Waals surface area contributed by atoms with Crippen LogP contribution < -0.4 is 5.73 Å². The van der Waals surface area contributed by atoms with Gasteiger partial charge in [-0.3, -0.25) is 0 Å². The van der Waals surface area contributed by atoms with Gasteiger partial charge in [0, 0.05) is 11.6 Å². The molecule has 1 unspecified atom stereocenters. The fraction of sp³-hybridized carbons (Fsp3) is 0.273. The SMILES string of the molecule is Nc1cc(F)ccc1C1C=CCC1. The summed E-state index contributed by atoms with van der Waals surface area (Å²) >= 11 is 0. The van der Waals surface area contributed by atoms with Crippen molar-refractivity contribution in [2.24, 2.45) is 0 Å². The van der Waals surface area contributed by atoms with Crippen LogP contribution in [0.25, 0.3) is 0 Å². The number of halogens is 1. The van der Waals surface area contributed by atoms with Crippen molar-refractivity contribution in [1.82, 2.24) is 0 Å². The van der Waals surface area contributed by atoms with Crippen molar-refractivity contribution in [2.45, 2.75) is 18.8 Å². The molecule has 13 heavy (non-hydrogen) atoms. The van der Waals surface area contributed by atoms with Gasteiger partial charge >= 0.3 is 0 Å². The van der Waals surface area contributed by atoms with Crippen LogP contribution in [0.2, 0.25) is 0 Å². The predicted molar refractivity (Wildman–Crippen MR) is 51.9 cm³/mol. The summed E-state index contributed by atoms with van der Waals surface area (Å²) in [6, 6.07) is 4.64. The van der Waals surface area contributed by atoms with Crippen LogP contribution in [0.1, 0.15) is 24.3 Å². The minimum atomic E-state index is -0.261. The molecule has 68 valence electrons. The van der Waals surface area contributed by atoms with E-state index in [-0.39, 0.29) is 5.82 Å². The van der Waals surface area contributed by atoms with E-state index in [4.69, 9.17) is 5.73 Å². The second-order valence-corrected chi connectivity index (χ2v) is 3.39. The molecule has 1 nitrogen and oxygen atoms in total. The highest BCUT2D eigenvalue weighted by Crippen LogP contribution is 2.31. The minimum absolute atomic E-state index is 0.261. The molecule has 2 rings (SSSR count). The maximum absolute atomic E-state index is 12.7. The molecule has 0 heterocycles. The maximum atomic E-state index is 12.7. The van der Waals surface area contributed by atoms with Crippen molar-refractivity contribution in [1.29, 1.82) is 0 Å². The fourth-order valence-corrected chi connectivity index (χ4v) is 1.77. The number of benzene rings is 1. The summed E-state index contributed by atoms with van der Waals surface area (Å²) in [5, 5.41) is 0. The lowest BCUT2D eigenvalue weighted by molar-refractivity contribution is 0.627. The highest BCUT2D eigenvalue weighted by Gasteiger charge is 2.14. The van der Waals surface area contributed by atoms with Crippen LogP contribution in [0.15, 0.2) is 30.4 Å². The summed E-state index contributed by atoms with van der Waals surface area (Å²) < 4.78 is 12.7. The van der Waals surface area contributed by atoms with E-state index in [0.717, 1.165) is 18.4 Å². The lowest BCUT2D eigenvalue weighted by Crippen LogP contribution is -1.98. The van der Waals surface area contributed by atoms with Crippen molar-refractivity contribution in [3.05, 3.63) is 41.7 Å². The van der Waals surface area contributed by atoms with Gasteiger partial charge in [-0.1, -0.05) is 18.2 Å². The second kappa shape index (κ2) is 3.21. The summed E-state index contributed by atoms with van der Waals surface area (Å²) in [5.41, 5.74) is 7.34. The third-order valence-electron chi connectivity index (χ3n) is 2.46. The van der Waals surface area contributed by atoms with Gasteiger partial charge in [-0.25, -0.2) is 4.39 Å². The van der Waals surface area contributed by atoms with Crippen LogP contribution in [-0.2, 0) is 0 Å². The molecule has 1 aromatic rings. The molecule has 0 fully saturated rings. The lowest BCUT2D eigenvalue weighted by Gasteiger charge is -2.10. The van der Waals surface area contributed by atoms with Gasteiger partial charge in [0.1, 0.15) is 5.82 Å². The summed E-state index contributed by atoms with van der Waals surface area (Å²) in [5.74, 6) is 0.129. The number of allylic oxidation sites excluding steroid dienone is 2. The quantitative estimate of drug-likeness (QED) is 0.518. The molecule has 0 saturated carbocycles. The Labute approximate surface area is 77.1 Å². The number of hydrogen-bond donors (Lipinski definition) is 1. The van der Waals surface area contributed by atoms with Gasteiger partial charge in [-0.2, -0.15) is 0 Å². The highest BCUT2D eigenvalue weighted by molar-refractivity contribution is 5.50. The van der Waals surface area contributed by atoms with E-state index < -0.39 is 0 Å². The molecule has 0 aliphatic heterocycles. The molecule has 1 aliphatic rings. The van der Waals surface area contributed by atoms with Crippen LogP contribution in [0.5, 0.6) is 0 Å². The van der Waals surface area contributed by atoms with Crippen molar-refractivity contribution in [3.63, 3.8) is 0 Å². The largest absolute Gasteiger partial charge is 0.398 e. The zero-order valence-corrected chi connectivity index (χ0v) is 7.33. The number of rotatable bonds is 1. The molecule has 0 bridgehead atoms. The minimum Gasteiger partial charge on any atom is -0.398 e. The van der Waals surface area contributed by atoms with E-state index in [0.29, 0.717) is 11.6 Å². The van der Waals surface area contributed by atoms with Crippen LogP contribution in [-0.4, -0.2) is 0 Å². The molecule has 2 heteroatoms. The van der Waals surface area contributed by atoms with E-state index in [1.807, 2.05) is 0 Å². The summed E-state index contributed by atoms with van der Waals surface area (Å²) in [6.07, 6.45) is 6.48. The molecular formula is C11H12FN. The van der Waals surface area contributed by atoms with Gasteiger partial charge in [0.05, 0.1) is 0 Å². The predicted octanol–water partition coefficient (Wildman–Crippen LogP) is 2.84. The topological polar surface area (TPSA) is 26.0 Å². The Morgan fingerprint density at radius 1 is 1.38 bits per heavy atom. The number of nitrogens with two attached hydrogens (primary N) is 1. The standard InChI is InChI=1S/C11H12FN/c12-9-5-6-10(11(13)7-9)8-3-1-2-4-8/h1,3,5-8H,2,4,13H2. The Morgan fingerprint density at radius 2 is 2.23 bits per heavy atom. The second-order valence-electron chi connectivity index (χ2n) is 3.39. The van der Waals surface area contributed by atoms with E-state index >= 15 is 0 Å². The number of nitrogen functional groups attached to an aromatic ring is 1. The van der Waals surface area contributed by atoms with Gasteiger partial charge < -0.3 is 5.73 Å².